The minimum Gasteiger partial charge on any atom is -0.493 e. The Bertz CT molecular complexity index is 1230. The molecular formula is C22H18F2N4O4. The summed E-state index contributed by atoms with van der Waals surface area (Å²) in [4.78, 5) is 12.6. The van der Waals surface area contributed by atoms with E-state index >= 15 is 0 Å². The Balaban J connectivity index is 1.38. The van der Waals surface area contributed by atoms with Gasteiger partial charge in [0.1, 0.15) is 12.1 Å². The lowest BCUT2D eigenvalue weighted by Gasteiger charge is -2.28. The molecule has 5 rings (SSSR count). The van der Waals surface area contributed by atoms with E-state index in [1.807, 2.05) is 28.8 Å². The van der Waals surface area contributed by atoms with Crippen LogP contribution in [-0.4, -0.2) is 39.8 Å². The first-order valence-electron chi connectivity index (χ1n) is 9.77. The molecule has 0 spiro atoms. The number of benzene rings is 1. The molecule has 3 aromatic heterocycles. The quantitative estimate of drug-likeness (QED) is 0.448. The predicted molar refractivity (Wildman–Crippen MR) is 109 cm³/mol. The third-order valence-corrected chi connectivity index (χ3v) is 5.02. The van der Waals surface area contributed by atoms with E-state index in [4.69, 9.17) is 14.2 Å². The number of rotatable bonds is 6. The highest BCUT2D eigenvalue weighted by Crippen LogP contribution is 2.44. The smallest absolute Gasteiger partial charge is 0.388 e. The fourth-order valence-electron chi connectivity index (χ4n) is 3.56. The normalized spacial score (nSPS) is 15.2. The second kappa shape index (κ2) is 8.29. The van der Waals surface area contributed by atoms with Crippen molar-refractivity contribution in [1.82, 2.24) is 19.5 Å². The van der Waals surface area contributed by atoms with E-state index in [1.54, 1.807) is 25.7 Å². The van der Waals surface area contributed by atoms with Crippen LogP contribution in [0.2, 0.25) is 0 Å². The first kappa shape index (κ1) is 20.0. The summed E-state index contributed by atoms with van der Waals surface area (Å²) in [6.45, 7) is -2.17. The molecule has 0 saturated carbocycles. The number of hydrogen-bond donors (Lipinski definition) is 0. The van der Waals surface area contributed by atoms with Crippen molar-refractivity contribution in [2.75, 3.05) is 13.7 Å². The van der Waals surface area contributed by atoms with Crippen molar-refractivity contribution in [3.05, 3.63) is 66.2 Å². The molecule has 0 amide bonds. The number of ether oxygens (including phenoxy) is 4. The maximum Gasteiger partial charge on any atom is 0.388 e. The van der Waals surface area contributed by atoms with E-state index < -0.39 is 12.7 Å². The van der Waals surface area contributed by atoms with Crippen LogP contribution >= 0.6 is 0 Å². The lowest BCUT2D eigenvalue weighted by molar-refractivity contribution is -0.0529. The van der Waals surface area contributed by atoms with Gasteiger partial charge in [-0.3, -0.25) is 0 Å². The van der Waals surface area contributed by atoms with Crippen molar-refractivity contribution in [1.29, 1.82) is 0 Å². The van der Waals surface area contributed by atoms with Crippen LogP contribution in [0.4, 0.5) is 8.78 Å². The van der Waals surface area contributed by atoms with Crippen LogP contribution in [0, 0.1) is 0 Å². The van der Waals surface area contributed by atoms with Crippen molar-refractivity contribution in [3.8, 4) is 23.1 Å². The van der Waals surface area contributed by atoms with E-state index in [2.05, 4.69) is 19.7 Å². The number of halogens is 2. The minimum atomic E-state index is -2.93. The van der Waals surface area contributed by atoms with E-state index in [1.165, 1.54) is 12.3 Å². The molecule has 0 saturated heterocycles. The largest absolute Gasteiger partial charge is 0.493 e. The number of nitrogens with zero attached hydrogens (tertiary/aromatic N) is 4. The Kier molecular flexibility index (Phi) is 5.18. The van der Waals surface area contributed by atoms with Gasteiger partial charge in [-0.15, -0.1) is 0 Å². The lowest BCUT2D eigenvalue weighted by atomic mass is 10.1. The van der Waals surface area contributed by atoms with Gasteiger partial charge in [-0.25, -0.2) is 15.0 Å². The third-order valence-electron chi connectivity index (χ3n) is 5.02. The van der Waals surface area contributed by atoms with Gasteiger partial charge < -0.3 is 23.5 Å². The summed E-state index contributed by atoms with van der Waals surface area (Å²) in [5.74, 6) is 1.38. The molecule has 1 aliphatic rings. The number of pyridine rings is 2. The van der Waals surface area contributed by atoms with Crippen LogP contribution in [0.25, 0.3) is 11.2 Å². The third kappa shape index (κ3) is 3.86. The zero-order valence-electron chi connectivity index (χ0n) is 16.9. The van der Waals surface area contributed by atoms with E-state index in [-0.39, 0.29) is 12.5 Å². The standard InChI is InChI=1S/C22H18F2N4O4/c1-29-16-7-13(10-28-12-27-15-3-2-6-25-21(15)28)8-17-20(16)31-18(11-30-17)14-4-5-19(26-9-14)32-22(23)24/h2-9,12,18,22H,10-11H2,1H3. The Hall–Kier alpha value is -3.95. The summed E-state index contributed by atoms with van der Waals surface area (Å²) in [7, 11) is 1.55. The molecule has 164 valence electrons. The molecule has 1 unspecified atom stereocenters. The molecule has 4 aromatic rings. The molecule has 1 aromatic carbocycles. The molecule has 0 aliphatic carbocycles. The van der Waals surface area contributed by atoms with E-state index in [9.17, 15) is 8.78 Å². The zero-order chi connectivity index (χ0) is 22.1. The average molecular weight is 440 g/mol. The van der Waals surface area contributed by atoms with Crippen molar-refractivity contribution >= 4 is 11.2 Å². The van der Waals surface area contributed by atoms with Crippen molar-refractivity contribution in [3.63, 3.8) is 0 Å². The van der Waals surface area contributed by atoms with Crippen molar-refractivity contribution in [2.24, 2.45) is 0 Å². The molecule has 10 heteroatoms. The van der Waals surface area contributed by atoms with Crippen LogP contribution in [0.15, 0.2) is 55.1 Å². The molecule has 4 heterocycles. The molecule has 8 nitrogen and oxygen atoms in total. The van der Waals surface area contributed by atoms with Gasteiger partial charge in [0, 0.05) is 24.0 Å². The second-order valence-electron chi connectivity index (χ2n) is 7.07. The Labute approximate surface area is 181 Å². The number of aromatic nitrogens is 4. The van der Waals surface area contributed by atoms with Gasteiger partial charge in [0.2, 0.25) is 11.6 Å². The number of imidazole rings is 1. The summed E-state index contributed by atoms with van der Waals surface area (Å²) in [5, 5.41) is 0. The molecule has 0 bridgehead atoms. The Morgan fingerprint density at radius 2 is 2.09 bits per heavy atom. The second-order valence-corrected chi connectivity index (χ2v) is 7.07. The Morgan fingerprint density at radius 1 is 1.19 bits per heavy atom. The van der Waals surface area contributed by atoms with Gasteiger partial charge in [0.15, 0.2) is 23.3 Å². The van der Waals surface area contributed by atoms with Crippen LogP contribution in [0.3, 0.4) is 0 Å². The highest BCUT2D eigenvalue weighted by molar-refractivity contribution is 5.70. The van der Waals surface area contributed by atoms with Gasteiger partial charge in [-0.1, -0.05) is 0 Å². The molecule has 0 fully saturated rings. The minimum absolute atomic E-state index is 0.162. The molecular weight excluding hydrogens is 422 g/mol. The Morgan fingerprint density at radius 3 is 2.88 bits per heavy atom. The van der Waals surface area contributed by atoms with E-state index in [0.29, 0.717) is 29.4 Å². The molecule has 32 heavy (non-hydrogen) atoms. The number of hydrogen-bond acceptors (Lipinski definition) is 7. The van der Waals surface area contributed by atoms with Gasteiger partial charge in [0.05, 0.1) is 20.0 Å². The van der Waals surface area contributed by atoms with Crippen LogP contribution in [0.5, 0.6) is 23.1 Å². The monoisotopic (exact) mass is 440 g/mol. The highest BCUT2D eigenvalue weighted by Gasteiger charge is 2.27. The number of methoxy groups -OCH3 is 1. The highest BCUT2D eigenvalue weighted by atomic mass is 19.3. The summed E-state index contributed by atoms with van der Waals surface area (Å²) in [6, 6.07) is 10.5. The summed E-state index contributed by atoms with van der Waals surface area (Å²) in [5.41, 5.74) is 3.20. The van der Waals surface area contributed by atoms with Crippen LogP contribution in [-0.2, 0) is 6.54 Å². The van der Waals surface area contributed by atoms with Crippen molar-refractivity contribution in [2.45, 2.75) is 19.3 Å². The zero-order valence-corrected chi connectivity index (χ0v) is 16.9. The maximum absolute atomic E-state index is 12.3. The van der Waals surface area contributed by atoms with Gasteiger partial charge in [-0.2, -0.15) is 8.78 Å². The SMILES string of the molecule is COc1cc(Cn2cnc3cccnc32)cc2c1OC(c1ccc(OC(F)F)nc1)CO2. The first-order valence-corrected chi connectivity index (χ1v) is 9.77. The van der Waals surface area contributed by atoms with Gasteiger partial charge >= 0.3 is 6.61 Å². The van der Waals surface area contributed by atoms with Gasteiger partial charge in [0.25, 0.3) is 0 Å². The predicted octanol–water partition coefficient (Wildman–Crippen LogP) is 4.00. The maximum atomic E-state index is 12.3. The van der Waals surface area contributed by atoms with Crippen molar-refractivity contribution < 1.29 is 27.7 Å². The fourth-order valence-corrected chi connectivity index (χ4v) is 3.56. The lowest BCUT2D eigenvalue weighted by Crippen LogP contribution is -2.22. The topological polar surface area (TPSA) is 80.5 Å². The van der Waals surface area contributed by atoms with Crippen LogP contribution < -0.4 is 18.9 Å². The molecule has 0 N–H and O–H groups in total. The first-order chi connectivity index (χ1) is 15.6. The van der Waals surface area contributed by atoms with E-state index in [0.717, 1.165) is 16.7 Å². The van der Waals surface area contributed by atoms with Gasteiger partial charge in [-0.05, 0) is 35.9 Å². The summed E-state index contributed by atoms with van der Waals surface area (Å²) < 4.78 is 48.5. The fraction of sp³-hybridized carbons (Fsp3) is 0.227. The number of alkyl halides is 2. The molecule has 1 aliphatic heterocycles. The van der Waals surface area contributed by atoms with Crippen LogP contribution in [0.1, 0.15) is 17.2 Å². The average Bonchev–Trinajstić information content (AvgIpc) is 3.21. The summed E-state index contributed by atoms with van der Waals surface area (Å²) in [6.07, 6.45) is 4.42. The molecule has 1 atom stereocenters. The molecule has 0 radical (unpaired) electrons. The number of fused-ring (bicyclic) bond motifs is 2. The summed E-state index contributed by atoms with van der Waals surface area (Å²) >= 11 is 0.